The van der Waals surface area contributed by atoms with Crippen LogP contribution in [0, 0.1) is 13.8 Å². The van der Waals surface area contributed by atoms with Crippen molar-refractivity contribution >= 4 is 29.1 Å². The van der Waals surface area contributed by atoms with Crippen LogP contribution in [0.1, 0.15) is 28.4 Å². The smallest absolute Gasteiger partial charge is 0.191 e. The maximum Gasteiger partial charge on any atom is 0.191 e. The normalized spacial score (nSPS) is 12.2. The van der Waals surface area contributed by atoms with Crippen molar-refractivity contribution in [3.05, 3.63) is 64.2 Å². The molecule has 3 aromatic rings. The Labute approximate surface area is 162 Å². The Balaban J connectivity index is 1.79. The van der Waals surface area contributed by atoms with Gasteiger partial charge in [-0.3, -0.25) is 4.79 Å². The fourth-order valence-corrected chi connectivity index (χ4v) is 3.63. The largest absolute Gasteiger partial charge is 0.305 e. The van der Waals surface area contributed by atoms with Gasteiger partial charge in [0.25, 0.3) is 0 Å². The molecule has 0 saturated heterocycles. The van der Waals surface area contributed by atoms with E-state index in [1.54, 1.807) is 0 Å². The maximum atomic E-state index is 12.7. The lowest BCUT2D eigenvalue weighted by Gasteiger charge is -2.11. The predicted molar refractivity (Wildman–Crippen MR) is 107 cm³/mol. The summed E-state index contributed by atoms with van der Waals surface area (Å²) in [6.45, 7) is 5.96. The Bertz CT molecular complexity index is 950. The molecule has 6 heteroatoms. The van der Waals surface area contributed by atoms with Crippen LogP contribution in [-0.2, 0) is 7.05 Å². The third-order valence-corrected chi connectivity index (χ3v) is 5.77. The number of hydrogen-bond acceptors (Lipinski definition) is 4. The minimum Gasteiger partial charge on any atom is -0.305 e. The highest BCUT2D eigenvalue weighted by atomic mass is 35.5. The van der Waals surface area contributed by atoms with E-state index in [4.69, 9.17) is 11.6 Å². The van der Waals surface area contributed by atoms with E-state index in [0.717, 1.165) is 22.5 Å². The Kier molecular flexibility index (Phi) is 5.49. The van der Waals surface area contributed by atoms with Gasteiger partial charge in [-0.1, -0.05) is 35.5 Å². The van der Waals surface area contributed by atoms with Gasteiger partial charge in [0.15, 0.2) is 16.8 Å². The van der Waals surface area contributed by atoms with Gasteiger partial charge < -0.3 is 4.57 Å². The summed E-state index contributed by atoms with van der Waals surface area (Å²) in [7, 11) is 1.90. The molecule has 0 spiro atoms. The van der Waals surface area contributed by atoms with Gasteiger partial charge >= 0.3 is 0 Å². The number of aromatic nitrogens is 3. The molecular formula is C20H20ClN3OS. The Morgan fingerprint density at radius 3 is 2.42 bits per heavy atom. The number of Topliss-reactive ketones (excluding diaryl/α,β-unsaturated/α-hetero) is 1. The molecule has 0 fully saturated rings. The van der Waals surface area contributed by atoms with Crippen molar-refractivity contribution in [2.24, 2.45) is 7.05 Å². The van der Waals surface area contributed by atoms with Crippen LogP contribution in [-0.4, -0.2) is 25.8 Å². The highest BCUT2D eigenvalue weighted by Gasteiger charge is 2.21. The number of nitrogens with zero attached hydrogens (tertiary/aromatic N) is 3. The third-order valence-electron chi connectivity index (χ3n) is 4.38. The standard InChI is InChI=1S/C20H20ClN3OS/c1-12-5-6-16(11-13(12)2)18(25)14(3)26-20-23-22-19(24(20)4)15-7-9-17(21)10-8-15/h5-11,14H,1-4H3/t14-/m0/s1. The van der Waals surface area contributed by atoms with Gasteiger partial charge in [0, 0.05) is 23.2 Å². The van der Waals surface area contributed by atoms with Crippen LogP contribution in [0.25, 0.3) is 11.4 Å². The van der Waals surface area contributed by atoms with Crippen LogP contribution in [0.5, 0.6) is 0 Å². The van der Waals surface area contributed by atoms with Crippen molar-refractivity contribution in [2.45, 2.75) is 31.2 Å². The molecule has 26 heavy (non-hydrogen) atoms. The number of ketones is 1. The molecule has 0 saturated carbocycles. The van der Waals surface area contributed by atoms with Crippen LogP contribution < -0.4 is 0 Å². The summed E-state index contributed by atoms with van der Waals surface area (Å²) in [5, 5.41) is 9.65. The van der Waals surface area contributed by atoms with E-state index in [-0.39, 0.29) is 11.0 Å². The van der Waals surface area contributed by atoms with Crippen LogP contribution >= 0.6 is 23.4 Å². The second-order valence-corrected chi connectivity index (χ2v) is 8.04. The number of carbonyl (C=O) groups is 1. The molecule has 134 valence electrons. The first-order valence-corrected chi connectivity index (χ1v) is 9.56. The van der Waals surface area contributed by atoms with Gasteiger partial charge in [-0.15, -0.1) is 10.2 Å². The van der Waals surface area contributed by atoms with Gasteiger partial charge in [-0.05, 0) is 62.2 Å². The predicted octanol–water partition coefficient (Wildman–Crippen LogP) is 5.12. The zero-order valence-electron chi connectivity index (χ0n) is 15.2. The first-order valence-electron chi connectivity index (χ1n) is 8.30. The van der Waals surface area contributed by atoms with Crippen molar-refractivity contribution in [3.8, 4) is 11.4 Å². The van der Waals surface area contributed by atoms with Gasteiger partial charge in [0.1, 0.15) is 0 Å². The van der Waals surface area contributed by atoms with Crippen LogP contribution in [0.4, 0.5) is 0 Å². The van der Waals surface area contributed by atoms with Crippen molar-refractivity contribution in [3.63, 3.8) is 0 Å². The third kappa shape index (κ3) is 3.84. The minimum atomic E-state index is -0.252. The zero-order valence-corrected chi connectivity index (χ0v) is 16.7. The molecule has 0 aliphatic rings. The van der Waals surface area contributed by atoms with E-state index in [2.05, 4.69) is 10.2 Å². The first kappa shape index (κ1) is 18.7. The van der Waals surface area contributed by atoms with Crippen molar-refractivity contribution in [1.29, 1.82) is 0 Å². The minimum absolute atomic E-state index is 0.0918. The van der Waals surface area contributed by atoms with Crippen molar-refractivity contribution < 1.29 is 4.79 Å². The number of thioether (sulfide) groups is 1. The molecule has 1 atom stereocenters. The molecular weight excluding hydrogens is 366 g/mol. The molecule has 0 amide bonds. The highest BCUT2D eigenvalue weighted by molar-refractivity contribution is 8.00. The molecule has 0 bridgehead atoms. The van der Waals surface area contributed by atoms with E-state index in [1.165, 1.54) is 17.3 Å². The van der Waals surface area contributed by atoms with Crippen LogP contribution in [0.15, 0.2) is 47.6 Å². The van der Waals surface area contributed by atoms with Gasteiger partial charge in [-0.25, -0.2) is 0 Å². The zero-order chi connectivity index (χ0) is 18.8. The van der Waals surface area contributed by atoms with Crippen molar-refractivity contribution in [1.82, 2.24) is 14.8 Å². The molecule has 4 nitrogen and oxygen atoms in total. The maximum absolute atomic E-state index is 12.7. The Hall–Kier alpha value is -2.11. The lowest BCUT2D eigenvalue weighted by Crippen LogP contribution is -2.14. The molecule has 1 aromatic heterocycles. The van der Waals surface area contributed by atoms with Gasteiger partial charge in [0.05, 0.1) is 5.25 Å². The van der Waals surface area contributed by atoms with E-state index >= 15 is 0 Å². The monoisotopic (exact) mass is 385 g/mol. The molecule has 0 radical (unpaired) electrons. The van der Waals surface area contributed by atoms with Gasteiger partial charge in [-0.2, -0.15) is 0 Å². The highest BCUT2D eigenvalue weighted by Crippen LogP contribution is 2.28. The number of carbonyl (C=O) groups excluding carboxylic acids is 1. The number of benzene rings is 2. The molecule has 1 heterocycles. The summed E-state index contributed by atoms with van der Waals surface area (Å²) < 4.78 is 1.90. The van der Waals surface area contributed by atoms with Crippen LogP contribution in [0.2, 0.25) is 5.02 Å². The summed E-state index contributed by atoms with van der Waals surface area (Å²) in [5.41, 5.74) is 3.97. The molecule has 0 unspecified atom stereocenters. The fraction of sp³-hybridized carbons (Fsp3) is 0.250. The van der Waals surface area contributed by atoms with Gasteiger partial charge in [0.2, 0.25) is 0 Å². The second-order valence-electron chi connectivity index (χ2n) is 6.30. The SMILES string of the molecule is Cc1ccc(C(=O)[C@H](C)Sc2nnc(-c3ccc(Cl)cc3)n2C)cc1C. The summed E-state index contributed by atoms with van der Waals surface area (Å²) in [5.74, 6) is 0.837. The number of rotatable bonds is 5. The number of halogens is 1. The Morgan fingerprint density at radius 2 is 1.77 bits per heavy atom. The van der Waals surface area contributed by atoms with E-state index in [9.17, 15) is 4.79 Å². The van der Waals surface area contributed by atoms with Crippen LogP contribution in [0.3, 0.4) is 0 Å². The second kappa shape index (κ2) is 7.64. The lowest BCUT2D eigenvalue weighted by atomic mass is 10.0. The summed E-state index contributed by atoms with van der Waals surface area (Å²) in [6, 6.07) is 13.3. The number of hydrogen-bond donors (Lipinski definition) is 0. The molecule has 0 N–H and O–H groups in total. The first-order chi connectivity index (χ1) is 12.4. The molecule has 3 rings (SSSR count). The number of aryl methyl sites for hydroxylation is 2. The fourth-order valence-electron chi connectivity index (χ4n) is 2.61. The van der Waals surface area contributed by atoms with Crippen molar-refractivity contribution in [2.75, 3.05) is 0 Å². The topological polar surface area (TPSA) is 47.8 Å². The average molecular weight is 386 g/mol. The molecule has 2 aromatic carbocycles. The quantitative estimate of drug-likeness (QED) is 0.452. The summed E-state index contributed by atoms with van der Waals surface area (Å²) in [4.78, 5) is 12.7. The molecule has 0 aliphatic carbocycles. The molecule has 0 aliphatic heterocycles. The summed E-state index contributed by atoms with van der Waals surface area (Å²) in [6.07, 6.45) is 0. The van der Waals surface area contributed by atoms with E-state index < -0.39 is 0 Å². The Morgan fingerprint density at radius 1 is 1.08 bits per heavy atom. The van der Waals surface area contributed by atoms with E-state index in [0.29, 0.717) is 10.2 Å². The average Bonchev–Trinajstić information content (AvgIpc) is 2.98. The van der Waals surface area contributed by atoms with E-state index in [1.807, 2.05) is 74.9 Å². The lowest BCUT2D eigenvalue weighted by molar-refractivity contribution is 0.0993. The summed E-state index contributed by atoms with van der Waals surface area (Å²) >= 11 is 7.36.